The molecular weight excluding hydrogens is 190 g/mol. The summed E-state index contributed by atoms with van der Waals surface area (Å²) in [4.78, 5) is 12.1. The van der Waals surface area contributed by atoms with Gasteiger partial charge in [-0.05, 0) is 11.8 Å². The Morgan fingerprint density at radius 1 is 1.53 bits per heavy atom. The predicted octanol–water partition coefficient (Wildman–Crippen LogP) is 1.23. The van der Waals surface area contributed by atoms with Crippen LogP contribution in [0.3, 0.4) is 0 Å². The molecule has 3 nitrogen and oxygen atoms in total. The lowest BCUT2D eigenvalue weighted by Crippen LogP contribution is -2.47. The van der Waals surface area contributed by atoms with E-state index in [1.165, 1.54) is 0 Å². The second-order valence-corrected chi connectivity index (χ2v) is 5.57. The Kier molecular flexibility index (Phi) is 2.86. The molecule has 1 aliphatic carbocycles. The Labute approximate surface area is 91.6 Å². The number of nitrogens with one attached hydrogen (secondary N) is 1. The highest BCUT2D eigenvalue weighted by atomic mass is 16.5. The molecule has 1 saturated heterocycles. The van der Waals surface area contributed by atoms with Gasteiger partial charge in [0.05, 0.1) is 13.2 Å². The van der Waals surface area contributed by atoms with Crippen molar-refractivity contribution in [3.05, 3.63) is 0 Å². The second-order valence-electron chi connectivity index (χ2n) is 5.57. The molecule has 3 atom stereocenters. The van der Waals surface area contributed by atoms with Crippen molar-refractivity contribution in [3.63, 3.8) is 0 Å². The van der Waals surface area contributed by atoms with E-state index in [0.717, 1.165) is 19.6 Å². The first-order valence-corrected chi connectivity index (χ1v) is 5.87. The van der Waals surface area contributed by atoms with Crippen molar-refractivity contribution >= 4 is 5.78 Å². The van der Waals surface area contributed by atoms with Crippen LogP contribution in [0.1, 0.15) is 27.2 Å². The van der Waals surface area contributed by atoms with Gasteiger partial charge < -0.3 is 10.1 Å². The molecule has 1 aliphatic heterocycles. The first-order chi connectivity index (χ1) is 7.02. The quantitative estimate of drug-likeness (QED) is 0.763. The lowest BCUT2D eigenvalue weighted by atomic mass is 9.91. The minimum Gasteiger partial charge on any atom is -0.378 e. The van der Waals surface area contributed by atoms with E-state index in [-0.39, 0.29) is 23.3 Å². The Morgan fingerprint density at radius 3 is 2.67 bits per heavy atom. The summed E-state index contributed by atoms with van der Waals surface area (Å²) in [5, 5.41) is 3.36. The number of rotatable bonds is 3. The number of hydrogen-bond donors (Lipinski definition) is 1. The summed E-state index contributed by atoms with van der Waals surface area (Å²) >= 11 is 0. The Morgan fingerprint density at radius 2 is 2.20 bits per heavy atom. The SMILES string of the molecule is CC(C(=O)C1CC1(C)C)C1COCCN1. The van der Waals surface area contributed by atoms with Gasteiger partial charge in [0.25, 0.3) is 0 Å². The van der Waals surface area contributed by atoms with E-state index >= 15 is 0 Å². The first kappa shape index (κ1) is 11.1. The zero-order chi connectivity index (χ0) is 11.1. The maximum Gasteiger partial charge on any atom is 0.140 e. The minimum atomic E-state index is 0.0945. The van der Waals surface area contributed by atoms with Crippen molar-refractivity contribution in [1.29, 1.82) is 0 Å². The molecule has 0 aromatic carbocycles. The standard InChI is InChI=1S/C12H21NO2/c1-8(10-7-15-5-4-13-10)11(14)9-6-12(9,2)3/h8-10,13H,4-7H2,1-3H3. The van der Waals surface area contributed by atoms with Crippen LogP contribution in [-0.2, 0) is 9.53 Å². The summed E-state index contributed by atoms with van der Waals surface area (Å²) in [6.45, 7) is 8.70. The topological polar surface area (TPSA) is 38.3 Å². The van der Waals surface area contributed by atoms with Gasteiger partial charge in [-0.3, -0.25) is 4.79 Å². The van der Waals surface area contributed by atoms with Crippen molar-refractivity contribution in [2.45, 2.75) is 33.2 Å². The van der Waals surface area contributed by atoms with Crippen LogP contribution in [0.15, 0.2) is 0 Å². The predicted molar refractivity (Wildman–Crippen MR) is 58.7 cm³/mol. The molecule has 2 rings (SSSR count). The van der Waals surface area contributed by atoms with Gasteiger partial charge in [-0.1, -0.05) is 20.8 Å². The molecule has 1 heterocycles. The number of ether oxygens (including phenoxy) is 1. The fraction of sp³-hybridized carbons (Fsp3) is 0.917. The van der Waals surface area contributed by atoms with Gasteiger partial charge >= 0.3 is 0 Å². The summed E-state index contributed by atoms with van der Waals surface area (Å²) in [5.74, 6) is 0.802. The minimum absolute atomic E-state index is 0.0945. The third-order valence-electron chi connectivity index (χ3n) is 3.86. The molecule has 0 spiro atoms. The molecule has 15 heavy (non-hydrogen) atoms. The van der Waals surface area contributed by atoms with Crippen LogP contribution in [0.5, 0.6) is 0 Å². The summed E-state index contributed by atoms with van der Waals surface area (Å²) in [6.07, 6.45) is 1.06. The van der Waals surface area contributed by atoms with Crippen molar-refractivity contribution in [3.8, 4) is 0 Å². The fourth-order valence-corrected chi connectivity index (χ4v) is 2.38. The number of ketones is 1. The van der Waals surface area contributed by atoms with E-state index in [9.17, 15) is 4.79 Å². The van der Waals surface area contributed by atoms with Crippen LogP contribution in [0, 0.1) is 17.3 Å². The van der Waals surface area contributed by atoms with Crippen molar-refractivity contribution in [2.24, 2.45) is 17.3 Å². The van der Waals surface area contributed by atoms with Crippen molar-refractivity contribution in [1.82, 2.24) is 5.32 Å². The van der Waals surface area contributed by atoms with Gasteiger partial charge in [0, 0.05) is 24.4 Å². The van der Waals surface area contributed by atoms with Crippen LogP contribution in [0.4, 0.5) is 0 Å². The van der Waals surface area contributed by atoms with E-state index in [1.54, 1.807) is 0 Å². The highest BCUT2D eigenvalue weighted by Crippen LogP contribution is 2.53. The average Bonchev–Trinajstić information content (AvgIpc) is 2.87. The van der Waals surface area contributed by atoms with Gasteiger partial charge in [0.15, 0.2) is 0 Å². The number of carbonyl (C=O) groups excluding carboxylic acids is 1. The number of Topliss-reactive ketones (excluding diaryl/α,β-unsaturated/α-hetero) is 1. The maximum absolute atomic E-state index is 12.1. The van der Waals surface area contributed by atoms with Crippen molar-refractivity contribution in [2.75, 3.05) is 19.8 Å². The van der Waals surface area contributed by atoms with E-state index in [0.29, 0.717) is 12.4 Å². The van der Waals surface area contributed by atoms with Gasteiger partial charge in [-0.2, -0.15) is 0 Å². The van der Waals surface area contributed by atoms with Crippen LogP contribution in [0.2, 0.25) is 0 Å². The smallest absolute Gasteiger partial charge is 0.140 e. The molecule has 1 N–H and O–H groups in total. The van der Waals surface area contributed by atoms with E-state index in [4.69, 9.17) is 4.74 Å². The Bertz CT molecular complexity index is 256. The summed E-state index contributed by atoms with van der Waals surface area (Å²) < 4.78 is 5.39. The third-order valence-corrected chi connectivity index (χ3v) is 3.86. The summed E-state index contributed by atoms with van der Waals surface area (Å²) in [6, 6.07) is 0.225. The molecule has 0 aromatic rings. The monoisotopic (exact) mass is 211 g/mol. The first-order valence-electron chi connectivity index (χ1n) is 5.87. The molecule has 1 saturated carbocycles. The van der Waals surface area contributed by atoms with E-state index in [2.05, 4.69) is 19.2 Å². The van der Waals surface area contributed by atoms with Crippen molar-refractivity contribution < 1.29 is 9.53 Å². The van der Waals surface area contributed by atoms with Gasteiger partial charge in [0.2, 0.25) is 0 Å². The van der Waals surface area contributed by atoms with E-state index in [1.807, 2.05) is 6.92 Å². The summed E-state index contributed by atoms with van der Waals surface area (Å²) in [7, 11) is 0. The molecule has 0 amide bonds. The molecule has 0 radical (unpaired) electrons. The summed E-state index contributed by atoms with van der Waals surface area (Å²) in [5.41, 5.74) is 0.251. The molecule has 0 aromatic heterocycles. The molecule has 3 unspecified atom stereocenters. The van der Waals surface area contributed by atoms with Crippen LogP contribution in [-0.4, -0.2) is 31.6 Å². The number of carbonyl (C=O) groups is 1. The largest absolute Gasteiger partial charge is 0.378 e. The zero-order valence-corrected chi connectivity index (χ0v) is 9.88. The van der Waals surface area contributed by atoms with Crippen LogP contribution >= 0.6 is 0 Å². The lowest BCUT2D eigenvalue weighted by Gasteiger charge is -2.28. The number of hydrogen-bond acceptors (Lipinski definition) is 3. The van der Waals surface area contributed by atoms with Gasteiger partial charge in [0.1, 0.15) is 5.78 Å². The van der Waals surface area contributed by atoms with Crippen LogP contribution in [0.25, 0.3) is 0 Å². The van der Waals surface area contributed by atoms with Gasteiger partial charge in [-0.25, -0.2) is 0 Å². The second kappa shape index (κ2) is 3.87. The highest BCUT2D eigenvalue weighted by Gasteiger charge is 2.52. The highest BCUT2D eigenvalue weighted by molar-refractivity contribution is 5.87. The molecule has 2 fully saturated rings. The van der Waals surface area contributed by atoms with Gasteiger partial charge in [-0.15, -0.1) is 0 Å². The third kappa shape index (κ3) is 2.23. The Hall–Kier alpha value is -0.410. The van der Waals surface area contributed by atoms with Crippen LogP contribution < -0.4 is 5.32 Å². The zero-order valence-electron chi connectivity index (χ0n) is 9.88. The average molecular weight is 211 g/mol. The lowest BCUT2D eigenvalue weighted by molar-refractivity contribution is -0.126. The van der Waals surface area contributed by atoms with E-state index < -0.39 is 0 Å². The number of morpholine rings is 1. The Balaban J connectivity index is 1.90. The fourth-order valence-electron chi connectivity index (χ4n) is 2.38. The molecular formula is C12H21NO2. The molecule has 3 heteroatoms. The maximum atomic E-state index is 12.1. The molecule has 0 bridgehead atoms. The molecule has 2 aliphatic rings. The normalized spacial score (nSPS) is 35.9. The molecule has 86 valence electrons.